The van der Waals surface area contributed by atoms with Gasteiger partial charge in [0.25, 0.3) is 11.5 Å². The van der Waals surface area contributed by atoms with Gasteiger partial charge in [-0.2, -0.15) is 4.98 Å². The van der Waals surface area contributed by atoms with Crippen molar-refractivity contribution in [2.75, 3.05) is 7.05 Å². The number of aromatic nitrogens is 3. The van der Waals surface area contributed by atoms with Crippen LogP contribution in [0.15, 0.2) is 39.6 Å². The van der Waals surface area contributed by atoms with Gasteiger partial charge in [0.1, 0.15) is 12.1 Å². The number of H-pyrrole nitrogens is 1. The van der Waals surface area contributed by atoms with Crippen LogP contribution in [0, 0.1) is 13.8 Å². The number of benzene rings is 1. The Balaban J connectivity index is 1.81. The molecule has 1 N–H and O–H groups in total. The fraction of sp³-hybridized carbons (Fsp3) is 0.250. The number of nitrogens with zero attached hydrogens (tertiary/aromatic N) is 3. The summed E-state index contributed by atoms with van der Waals surface area (Å²) in [5, 5.41) is 3.94. The highest BCUT2D eigenvalue weighted by Crippen LogP contribution is 2.17. The molecule has 0 saturated carbocycles. The van der Waals surface area contributed by atoms with Crippen molar-refractivity contribution in [2.45, 2.75) is 27.3 Å². The van der Waals surface area contributed by atoms with E-state index >= 15 is 0 Å². The lowest BCUT2D eigenvalue weighted by Gasteiger charge is -2.15. The van der Waals surface area contributed by atoms with Crippen molar-refractivity contribution in [3.63, 3.8) is 0 Å². The van der Waals surface area contributed by atoms with Gasteiger partial charge < -0.3 is 14.4 Å². The van der Waals surface area contributed by atoms with E-state index in [0.717, 1.165) is 11.1 Å². The first-order chi connectivity index (χ1) is 13.3. The number of carbonyl (C=O) groups excluding carboxylic acids is 2. The Bertz CT molecular complexity index is 1110. The number of pyridine rings is 1. The number of nitrogens with one attached hydrogen (secondary N) is 1. The number of hydrogen-bond donors (Lipinski definition) is 1. The van der Waals surface area contributed by atoms with Crippen LogP contribution in [0.4, 0.5) is 0 Å². The van der Waals surface area contributed by atoms with Crippen LogP contribution in [-0.2, 0) is 6.54 Å². The standard InChI is InChI=1S/C20H20N4O4/c1-11-6-5-7-14(8-11)18-22-17(28-23-18)10-24(4)20(27)16-9-15(13(3)25)12(2)21-19(16)26/h5-9H,10H2,1-4H3,(H,21,26). The van der Waals surface area contributed by atoms with E-state index < -0.39 is 11.5 Å². The van der Waals surface area contributed by atoms with E-state index in [1.807, 2.05) is 31.2 Å². The van der Waals surface area contributed by atoms with Crippen molar-refractivity contribution in [1.29, 1.82) is 0 Å². The first-order valence-electron chi connectivity index (χ1n) is 8.66. The van der Waals surface area contributed by atoms with E-state index in [0.29, 0.717) is 17.1 Å². The molecule has 1 aromatic carbocycles. The summed E-state index contributed by atoms with van der Waals surface area (Å²) in [4.78, 5) is 44.7. The smallest absolute Gasteiger partial charge is 0.261 e. The Morgan fingerprint density at radius 3 is 2.61 bits per heavy atom. The number of carbonyl (C=O) groups is 2. The van der Waals surface area contributed by atoms with Crippen LogP contribution in [-0.4, -0.2) is 38.8 Å². The number of rotatable bonds is 5. The summed E-state index contributed by atoms with van der Waals surface area (Å²) in [6, 6.07) is 8.98. The summed E-state index contributed by atoms with van der Waals surface area (Å²) in [5.41, 5.74) is 1.94. The van der Waals surface area contributed by atoms with E-state index in [1.165, 1.54) is 24.9 Å². The Kier molecular flexibility index (Phi) is 5.21. The van der Waals surface area contributed by atoms with E-state index in [1.54, 1.807) is 6.92 Å². The summed E-state index contributed by atoms with van der Waals surface area (Å²) in [6.07, 6.45) is 0. The zero-order chi connectivity index (χ0) is 20.4. The van der Waals surface area contributed by atoms with Crippen molar-refractivity contribution in [3.8, 4) is 11.4 Å². The molecule has 0 saturated heterocycles. The van der Waals surface area contributed by atoms with Crippen LogP contribution in [0.25, 0.3) is 11.4 Å². The highest BCUT2D eigenvalue weighted by atomic mass is 16.5. The monoisotopic (exact) mass is 380 g/mol. The zero-order valence-electron chi connectivity index (χ0n) is 16.1. The molecule has 1 amide bonds. The summed E-state index contributed by atoms with van der Waals surface area (Å²) in [5.74, 6) is -0.113. The molecule has 0 spiro atoms. The number of ketones is 1. The third-order valence-electron chi connectivity index (χ3n) is 4.31. The van der Waals surface area contributed by atoms with Crippen molar-refractivity contribution in [2.24, 2.45) is 0 Å². The molecule has 0 unspecified atom stereocenters. The van der Waals surface area contributed by atoms with Crippen molar-refractivity contribution < 1.29 is 14.1 Å². The Morgan fingerprint density at radius 1 is 1.18 bits per heavy atom. The maximum absolute atomic E-state index is 12.7. The molecule has 0 aliphatic carbocycles. The number of hydrogen-bond acceptors (Lipinski definition) is 6. The van der Waals surface area contributed by atoms with Gasteiger partial charge in [-0.05, 0) is 32.9 Å². The molecule has 28 heavy (non-hydrogen) atoms. The van der Waals surface area contributed by atoms with Gasteiger partial charge in [0.15, 0.2) is 5.78 Å². The van der Waals surface area contributed by atoms with E-state index in [9.17, 15) is 14.4 Å². The number of Topliss-reactive ketones (excluding diaryl/α,β-unsaturated/α-hetero) is 1. The molecule has 2 aromatic heterocycles. The van der Waals surface area contributed by atoms with Gasteiger partial charge in [-0.3, -0.25) is 14.4 Å². The average Bonchev–Trinajstić information content (AvgIpc) is 3.09. The van der Waals surface area contributed by atoms with Crippen LogP contribution in [0.5, 0.6) is 0 Å². The van der Waals surface area contributed by atoms with Gasteiger partial charge in [0, 0.05) is 23.9 Å². The quantitative estimate of drug-likeness (QED) is 0.681. The molecule has 0 bridgehead atoms. The fourth-order valence-electron chi connectivity index (χ4n) is 2.85. The van der Waals surface area contributed by atoms with Gasteiger partial charge in [-0.15, -0.1) is 0 Å². The molecule has 0 atom stereocenters. The fourth-order valence-corrected chi connectivity index (χ4v) is 2.85. The minimum absolute atomic E-state index is 0.0281. The van der Waals surface area contributed by atoms with Gasteiger partial charge in [-0.25, -0.2) is 0 Å². The minimum Gasteiger partial charge on any atom is -0.337 e. The number of aryl methyl sites for hydroxylation is 2. The number of amides is 1. The number of aromatic amines is 1. The molecule has 8 nitrogen and oxygen atoms in total. The topological polar surface area (TPSA) is 109 Å². The lowest BCUT2D eigenvalue weighted by molar-refractivity contribution is 0.0767. The molecule has 3 aromatic rings. The van der Waals surface area contributed by atoms with Crippen LogP contribution >= 0.6 is 0 Å². The Hall–Kier alpha value is -3.55. The molecular weight excluding hydrogens is 360 g/mol. The van der Waals surface area contributed by atoms with Crippen LogP contribution in [0.3, 0.4) is 0 Å². The predicted octanol–water partition coefficient (Wildman–Crippen LogP) is 2.52. The molecule has 0 aliphatic rings. The largest absolute Gasteiger partial charge is 0.337 e. The van der Waals surface area contributed by atoms with Crippen LogP contribution < -0.4 is 5.56 Å². The summed E-state index contributed by atoms with van der Waals surface area (Å²) in [7, 11) is 1.52. The van der Waals surface area contributed by atoms with E-state index in [4.69, 9.17) is 4.52 Å². The molecule has 0 aliphatic heterocycles. The molecule has 0 radical (unpaired) electrons. The lowest BCUT2D eigenvalue weighted by Crippen LogP contribution is -2.32. The second-order valence-electron chi connectivity index (χ2n) is 6.65. The highest BCUT2D eigenvalue weighted by molar-refractivity contribution is 5.99. The Labute approximate surface area is 161 Å². The second-order valence-corrected chi connectivity index (χ2v) is 6.65. The predicted molar refractivity (Wildman–Crippen MR) is 102 cm³/mol. The maximum atomic E-state index is 12.7. The summed E-state index contributed by atoms with van der Waals surface area (Å²) < 4.78 is 5.23. The molecule has 2 heterocycles. The molecule has 8 heteroatoms. The van der Waals surface area contributed by atoms with Gasteiger partial charge in [-0.1, -0.05) is 28.9 Å². The van der Waals surface area contributed by atoms with Gasteiger partial charge in [0.2, 0.25) is 11.7 Å². The molecule has 0 fully saturated rings. The van der Waals surface area contributed by atoms with Gasteiger partial charge >= 0.3 is 0 Å². The normalized spacial score (nSPS) is 10.7. The minimum atomic E-state index is -0.551. The van der Waals surface area contributed by atoms with Gasteiger partial charge in [0.05, 0.1) is 0 Å². The van der Waals surface area contributed by atoms with E-state index in [-0.39, 0.29) is 23.8 Å². The summed E-state index contributed by atoms with van der Waals surface area (Å²) >= 11 is 0. The molecule has 3 rings (SSSR count). The second kappa shape index (κ2) is 7.59. The third-order valence-corrected chi connectivity index (χ3v) is 4.31. The van der Waals surface area contributed by atoms with Crippen molar-refractivity contribution in [1.82, 2.24) is 20.0 Å². The first kappa shape index (κ1) is 19.2. The Morgan fingerprint density at radius 2 is 1.93 bits per heavy atom. The maximum Gasteiger partial charge on any atom is 0.261 e. The van der Waals surface area contributed by atoms with Crippen LogP contribution in [0.2, 0.25) is 0 Å². The van der Waals surface area contributed by atoms with Crippen molar-refractivity contribution >= 4 is 11.7 Å². The zero-order valence-corrected chi connectivity index (χ0v) is 16.1. The lowest BCUT2D eigenvalue weighted by atomic mass is 10.1. The summed E-state index contributed by atoms with van der Waals surface area (Å²) in [6.45, 7) is 4.98. The van der Waals surface area contributed by atoms with Crippen molar-refractivity contribution in [3.05, 3.63) is 69.0 Å². The average molecular weight is 380 g/mol. The highest BCUT2D eigenvalue weighted by Gasteiger charge is 2.21. The third kappa shape index (κ3) is 3.90. The van der Waals surface area contributed by atoms with Crippen LogP contribution in [0.1, 0.15) is 44.8 Å². The molecule has 144 valence electrons. The molecular formula is C20H20N4O4. The SMILES string of the molecule is CC(=O)c1cc(C(=O)N(C)Cc2nc(-c3cccc(C)c3)no2)c(=O)[nH]c1C. The van der Waals surface area contributed by atoms with E-state index in [2.05, 4.69) is 15.1 Å². The first-order valence-corrected chi connectivity index (χ1v) is 8.66.